The van der Waals surface area contributed by atoms with E-state index < -0.39 is 0 Å². The number of rotatable bonds is 12. The zero-order chi connectivity index (χ0) is 23.3. The minimum absolute atomic E-state index is 0.132. The van der Waals surface area contributed by atoms with Gasteiger partial charge in [0, 0.05) is 33.9 Å². The molecule has 0 amide bonds. The number of benzene rings is 1. The van der Waals surface area contributed by atoms with Crippen LogP contribution in [0.2, 0.25) is 0 Å². The molecule has 31 heavy (non-hydrogen) atoms. The fourth-order valence-electron chi connectivity index (χ4n) is 3.31. The van der Waals surface area contributed by atoms with Crippen LogP contribution >= 0.6 is 0 Å². The van der Waals surface area contributed by atoms with E-state index in [0.717, 1.165) is 63.1 Å². The van der Waals surface area contributed by atoms with Crippen LogP contribution in [0.5, 0.6) is 0 Å². The van der Waals surface area contributed by atoms with Crippen LogP contribution in [-0.4, -0.2) is 79.4 Å². The molecule has 8 nitrogen and oxygen atoms in total. The molecule has 1 aromatic carbocycles. The van der Waals surface area contributed by atoms with Crippen molar-refractivity contribution in [1.82, 2.24) is 14.9 Å². The van der Waals surface area contributed by atoms with Crippen LogP contribution < -0.4 is 11.1 Å². The van der Waals surface area contributed by atoms with Gasteiger partial charge in [-0.05, 0) is 49.0 Å². The summed E-state index contributed by atoms with van der Waals surface area (Å²) in [5.41, 5.74) is 8.83. The molecule has 5 N–H and O–H groups in total. The van der Waals surface area contributed by atoms with E-state index in [-0.39, 0.29) is 11.5 Å². The summed E-state index contributed by atoms with van der Waals surface area (Å²) < 4.78 is 5.58. The second-order valence-electron chi connectivity index (χ2n) is 8.44. The molecule has 1 heterocycles. The minimum atomic E-state index is 0.132. The molecule has 1 aromatic heterocycles. The summed E-state index contributed by atoms with van der Waals surface area (Å²) in [6.07, 6.45) is 3.46. The highest BCUT2D eigenvalue weighted by atomic mass is 16.5. The van der Waals surface area contributed by atoms with Crippen molar-refractivity contribution in [2.45, 2.75) is 52.1 Å². The van der Waals surface area contributed by atoms with Gasteiger partial charge in [0.15, 0.2) is 0 Å². The number of aromatic nitrogens is 2. The number of nitrogens with two attached hydrogens (primary N) is 1. The van der Waals surface area contributed by atoms with Crippen molar-refractivity contribution in [2.24, 2.45) is 10.7 Å². The van der Waals surface area contributed by atoms with Gasteiger partial charge in [0.25, 0.3) is 0 Å². The Kier molecular flexibility index (Phi) is 12.1. The molecule has 0 aliphatic carbocycles. The van der Waals surface area contributed by atoms with Crippen molar-refractivity contribution in [3.05, 3.63) is 23.8 Å². The number of hydrogen-bond donors (Lipinski definition) is 4. The Morgan fingerprint density at radius 2 is 2.10 bits per heavy atom. The summed E-state index contributed by atoms with van der Waals surface area (Å²) >= 11 is 0. The Labute approximate surface area is 187 Å². The molecule has 0 saturated heterocycles. The molecule has 1 unspecified atom stereocenters. The lowest BCUT2D eigenvalue weighted by molar-refractivity contribution is 0.0612. The lowest BCUT2D eigenvalue weighted by atomic mass is 9.87. The van der Waals surface area contributed by atoms with E-state index in [1.165, 1.54) is 11.9 Å². The number of H-pyrrole nitrogens is 1. The van der Waals surface area contributed by atoms with E-state index in [1.54, 1.807) is 7.11 Å². The van der Waals surface area contributed by atoms with E-state index in [0.29, 0.717) is 6.54 Å². The number of fused-ring (bicyclic) bond motifs is 1. The Balaban J connectivity index is 0.00000233. The van der Waals surface area contributed by atoms with Gasteiger partial charge in [-0.15, -0.1) is 0 Å². The van der Waals surface area contributed by atoms with Gasteiger partial charge in [0.05, 0.1) is 23.5 Å². The fraction of sp³-hybridized carbons (Fsp3) is 0.652. The monoisotopic (exact) mass is 434 g/mol. The maximum absolute atomic E-state index is 7.00. The highest BCUT2D eigenvalue weighted by Crippen LogP contribution is 2.25. The van der Waals surface area contributed by atoms with Gasteiger partial charge in [-0.2, -0.15) is 0 Å². The van der Waals surface area contributed by atoms with E-state index >= 15 is 0 Å². The van der Waals surface area contributed by atoms with Crippen LogP contribution in [0.1, 0.15) is 46.1 Å². The van der Waals surface area contributed by atoms with Crippen LogP contribution in [0.25, 0.3) is 11.0 Å². The van der Waals surface area contributed by atoms with Crippen LogP contribution in [0, 0.1) is 0 Å². The van der Waals surface area contributed by atoms with E-state index in [1.807, 2.05) is 0 Å². The largest absolute Gasteiger partial charge is 0.400 e. The number of ether oxygens (including phenoxy) is 1. The summed E-state index contributed by atoms with van der Waals surface area (Å²) in [7, 11) is 2.76. The first-order chi connectivity index (χ1) is 14.9. The molecule has 0 aliphatic heterocycles. The predicted octanol–water partition coefficient (Wildman–Crippen LogP) is 2.98. The van der Waals surface area contributed by atoms with Crippen molar-refractivity contribution >= 4 is 23.3 Å². The van der Waals surface area contributed by atoms with Crippen molar-refractivity contribution in [1.29, 1.82) is 0 Å². The summed E-state index contributed by atoms with van der Waals surface area (Å²) in [6.45, 7) is 13.4. The Morgan fingerprint density at radius 3 is 2.71 bits per heavy atom. The molecule has 8 heteroatoms. The summed E-state index contributed by atoms with van der Waals surface area (Å²) in [5, 5.41) is 10.4. The number of aliphatic hydroxyl groups excluding tert-OH is 1. The quantitative estimate of drug-likeness (QED) is 0.232. The second-order valence-corrected chi connectivity index (χ2v) is 8.44. The normalized spacial score (nSPS) is 12.9. The highest BCUT2D eigenvalue weighted by molar-refractivity contribution is 5.78. The molecule has 2 rings (SSSR count). The SMILES string of the molecule is CCN(CCCNc1nc2ccc(C(C)(C)C)cc2[nH]1)CC(CCN=CN)OC.CO. The average Bonchev–Trinajstić information content (AvgIpc) is 3.17. The number of imidazole rings is 1. The van der Waals surface area contributed by atoms with Crippen molar-refractivity contribution < 1.29 is 9.84 Å². The van der Waals surface area contributed by atoms with E-state index in [9.17, 15) is 0 Å². The number of nitrogens with zero attached hydrogens (tertiary/aromatic N) is 3. The number of aliphatic imine (C=N–C) groups is 1. The molecule has 1 atom stereocenters. The number of aromatic amines is 1. The summed E-state index contributed by atoms with van der Waals surface area (Å²) in [4.78, 5) is 14.5. The van der Waals surface area contributed by atoms with Crippen LogP contribution in [0.15, 0.2) is 23.2 Å². The van der Waals surface area contributed by atoms with Crippen LogP contribution in [0.4, 0.5) is 5.95 Å². The Hall–Kier alpha value is -2.16. The third kappa shape index (κ3) is 9.25. The molecule has 0 saturated carbocycles. The van der Waals surface area contributed by atoms with Crippen LogP contribution in [0.3, 0.4) is 0 Å². The molecule has 0 spiro atoms. The molecule has 0 fully saturated rings. The highest BCUT2D eigenvalue weighted by Gasteiger charge is 2.15. The smallest absolute Gasteiger partial charge is 0.201 e. The molecule has 176 valence electrons. The first kappa shape index (κ1) is 26.9. The summed E-state index contributed by atoms with van der Waals surface area (Å²) in [5.74, 6) is 0.837. The van der Waals surface area contributed by atoms with Crippen molar-refractivity contribution in [3.63, 3.8) is 0 Å². The number of likely N-dealkylation sites (N-methyl/N-ethyl adjacent to an activating group) is 1. The van der Waals surface area contributed by atoms with Crippen molar-refractivity contribution in [2.75, 3.05) is 52.3 Å². The summed E-state index contributed by atoms with van der Waals surface area (Å²) in [6, 6.07) is 6.46. The number of nitrogens with one attached hydrogen (secondary N) is 2. The van der Waals surface area contributed by atoms with Gasteiger partial charge >= 0.3 is 0 Å². The van der Waals surface area contributed by atoms with Gasteiger partial charge in [0.2, 0.25) is 5.95 Å². The van der Waals surface area contributed by atoms with Gasteiger partial charge in [-0.1, -0.05) is 33.8 Å². The Morgan fingerprint density at radius 1 is 1.35 bits per heavy atom. The Bertz CT molecular complexity index is 769. The van der Waals surface area contributed by atoms with Crippen molar-refractivity contribution in [3.8, 4) is 0 Å². The first-order valence-electron chi connectivity index (χ1n) is 11.0. The third-order valence-corrected chi connectivity index (χ3v) is 5.22. The first-order valence-corrected chi connectivity index (χ1v) is 11.0. The van der Waals surface area contributed by atoms with Gasteiger partial charge in [-0.3, -0.25) is 4.99 Å². The number of anilines is 1. The number of hydrogen-bond acceptors (Lipinski definition) is 6. The van der Waals surface area contributed by atoms with Crippen LogP contribution in [-0.2, 0) is 10.2 Å². The molecule has 0 bridgehead atoms. The molecular weight excluding hydrogens is 392 g/mol. The average molecular weight is 435 g/mol. The van der Waals surface area contributed by atoms with Gasteiger partial charge < -0.3 is 30.8 Å². The maximum atomic E-state index is 7.00. The minimum Gasteiger partial charge on any atom is -0.400 e. The second kappa shape index (κ2) is 14.0. The third-order valence-electron chi connectivity index (χ3n) is 5.22. The maximum Gasteiger partial charge on any atom is 0.201 e. The van der Waals surface area contributed by atoms with E-state index in [4.69, 9.17) is 15.6 Å². The lowest BCUT2D eigenvalue weighted by Gasteiger charge is -2.25. The molecule has 0 radical (unpaired) electrons. The zero-order valence-corrected chi connectivity index (χ0v) is 20.1. The topological polar surface area (TPSA) is 112 Å². The molecule has 2 aromatic rings. The predicted molar refractivity (Wildman–Crippen MR) is 131 cm³/mol. The lowest BCUT2D eigenvalue weighted by Crippen LogP contribution is -2.35. The number of methoxy groups -OCH3 is 1. The van der Waals surface area contributed by atoms with E-state index in [2.05, 4.69) is 71.1 Å². The van der Waals surface area contributed by atoms with Gasteiger partial charge in [-0.25, -0.2) is 4.98 Å². The number of aliphatic hydroxyl groups is 1. The zero-order valence-electron chi connectivity index (χ0n) is 20.1. The molecular formula is C23H42N6O2. The fourth-order valence-corrected chi connectivity index (χ4v) is 3.31. The standard InChI is InChI=1S/C22H38N6O.CH4O/c1-6-28(15-18(29-5)10-12-24-16-23)13-7-11-25-21-26-19-9-8-17(22(2,3)4)14-20(19)27-21;1-2/h8-9,14,16,18H,6-7,10-13,15H2,1-5H3,(H2,23,24)(H2,25,26,27);2H,1H3. The van der Waals surface area contributed by atoms with Gasteiger partial charge in [0.1, 0.15) is 0 Å². The molecule has 0 aliphatic rings.